The minimum absolute atomic E-state index is 0.0860. The van der Waals surface area contributed by atoms with Gasteiger partial charge >= 0.3 is 5.97 Å². The lowest BCUT2D eigenvalue weighted by Gasteiger charge is -2.25. The van der Waals surface area contributed by atoms with E-state index in [-0.39, 0.29) is 5.41 Å². The van der Waals surface area contributed by atoms with Crippen molar-refractivity contribution in [1.29, 1.82) is 0 Å². The van der Waals surface area contributed by atoms with Crippen LogP contribution < -0.4 is 0 Å². The summed E-state index contributed by atoms with van der Waals surface area (Å²) in [4.78, 5) is 12.2. The largest absolute Gasteiger partial charge is 0.460 e. The number of hydrogen-bond acceptors (Lipinski definition) is 4. The SMILES string of the molecule is CCOC(=O)c1oc2ccc(CO[SiH](C)C)c(C(C)(C)C)c2c1C. The van der Waals surface area contributed by atoms with E-state index in [1.165, 1.54) is 5.56 Å². The third-order valence-corrected chi connectivity index (χ3v) is 4.80. The van der Waals surface area contributed by atoms with Crippen LogP contribution in [-0.2, 0) is 21.2 Å². The highest BCUT2D eigenvalue weighted by molar-refractivity contribution is 6.48. The van der Waals surface area contributed by atoms with Crippen molar-refractivity contribution in [3.05, 3.63) is 34.6 Å². The number of rotatable bonds is 5. The molecule has 0 saturated carbocycles. The maximum atomic E-state index is 12.2. The van der Waals surface area contributed by atoms with Crippen LogP contribution in [0.25, 0.3) is 11.0 Å². The molecule has 0 fully saturated rings. The summed E-state index contributed by atoms with van der Waals surface area (Å²) in [5.41, 5.74) is 3.84. The molecule has 132 valence electrons. The number of aryl methyl sites for hydroxylation is 1. The van der Waals surface area contributed by atoms with Crippen LogP contribution >= 0.6 is 0 Å². The Morgan fingerprint density at radius 3 is 2.46 bits per heavy atom. The van der Waals surface area contributed by atoms with Gasteiger partial charge in [0.15, 0.2) is 9.04 Å². The van der Waals surface area contributed by atoms with Gasteiger partial charge in [-0.25, -0.2) is 4.79 Å². The number of fused-ring (bicyclic) bond motifs is 1. The molecule has 4 nitrogen and oxygen atoms in total. The van der Waals surface area contributed by atoms with Crippen molar-refractivity contribution in [2.75, 3.05) is 6.61 Å². The number of carbonyl (C=O) groups excluding carboxylic acids is 1. The number of esters is 1. The molecule has 0 aliphatic carbocycles. The van der Waals surface area contributed by atoms with Crippen LogP contribution in [0.2, 0.25) is 13.1 Å². The predicted octanol–water partition coefficient (Wildman–Crippen LogP) is 4.72. The molecule has 0 spiro atoms. The Kier molecular flexibility index (Phi) is 5.55. The molecule has 0 bridgehead atoms. The molecule has 2 rings (SSSR count). The zero-order valence-corrected chi connectivity index (χ0v) is 16.9. The van der Waals surface area contributed by atoms with E-state index in [1.807, 2.05) is 13.0 Å². The minimum Gasteiger partial charge on any atom is -0.460 e. The fourth-order valence-corrected chi connectivity index (χ4v) is 3.52. The lowest BCUT2D eigenvalue weighted by molar-refractivity contribution is 0.0491. The van der Waals surface area contributed by atoms with Gasteiger partial charge in [0, 0.05) is 10.9 Å². The lowest BCUT2D eigenvalue weighted by Crippen LogP contribution is -2.17. The summed E-state index contributed by atoms with van der Waals surface area (Å²) in [6.45, 7) is 15.5. The average Bonchev–Trinajstić information content (AvgIpc) is 2.81. The summed E-state index contributed by atoms with van der Waals surface area (Å²) < 4.78 is 16.9. The highest BCUT2D eigenvalue weighted by atomic mass is 28.3. The predicted molar refractivity (Wildman–Crippen MR) is 99.3 cm³/mol. The molecule has 0 saturated heterocycles. The Hall–Kier alpha value is -1.59. The third kappa shape index (κ3) is 3.73. The molecule has 0 N–H and O–H groups in total. The summed E-state index contributed by atoms with van der Waals surface area (Å²) in [5.74, 6) is -0.105. The molecule has 1 heterocycles. The van der Waals surface area contributed by atoms with Gasteiger partial charge in [0.2, 0.25) is 5.76 Å². The van der Waals surface area contributed by atoms with Gasteiger partial charge in [0.25, 0.3) is 0 Å². The Balaban J connectivity index is 2.66. The Morgan fingerprint density at radius 2 is 1.92 bits per heavy atom. The molecule has 0 amide bonds. The van der Waals surface area contributed by atoms with Gasteiger partial charge in [0.05, 0.1) is 13.2 Å². The first-order chi connectivity index (χ1) is 11.2. The summed E-state index contributed by atoms with van der Waals surface area (Å²) in [6.07, 6.45) is 0. The molecule has 24 heavy (non-hydrogen) atoms. The molecular formula is C19H28O4Si. The van der Waals surface area contributed by atoms with Crippen LogP contribution in [0.15, 0.2) is 16.5 Å². The van der Waals surface area contributed by atoms with E-state index in [9.17, 15) is 4.79 Å². The second-order valence-corrected chi connectivity index (χ2v) is 9.79. The maximum Gasteiger partial charge on any atom is 0.374 e. The topological polar surface area (TPSA) is 48.7 Å². The van der Waals surface area contributed by atoms with Gasteiger partial charge in [0.1, 0.15) is 5.58 Å². The van der Waals surface area contributed by atoms with Crippen molar-refractivity contribution in [3.63, 3.8) is 0 Å². The van der Waals surface area contributed by atoms with E-state index in [1.54, 1.807) is 6.92 Å². The summed E-state index contributed by atoms with van der Waals surface area (Å²) in [6, 6.07) is 3.98. The molecule has 5 heteroatoms. The highest BCUT2D eigenvalue weighted by Gasteiger charge is 2.27. The normalized spacial score (nSPS) is 12.2. The summed E-state index contributed by atoms with van der Waals surface area (Å²) in [7, 11) is -1.11. The average molecular weight is 349 g/mol. The van der Waals surface area contributed by atoms with Crippen molar-refractivity contribution in [1.82, 2.24) is 0 Å². The molecule has 2 aromatic rings. The fourth-order valence-electron chi connectivity index (χ4n) is 3.01. The first kappa shape index (κ1) is 18.7. The first-order valence-corrected chi connectivity index (χ1v) is 11.3. The molecule has 0 unspecified atom stereocenters. The first-order valence-electron chi connectivity index (χ1n) is 8.51. The standard InChI is InChI=1S/C19H28O4Si/c1-8-21-18(20)17-12(2)15-14(23-17)10-9-13(11-22-24(6)7)16(15)19(3,4)5/h9-10,24H,8,11H2,1-7H3. The Labute approximate surface area is 145 Å². The van der Waals surface area contributed by atoms with Gasteiger partial charge in [-0.3, -0.25) is 0 Å². The number of furan rings is 1. The van der Waals surface area contributed by atoms with E-state index in [2.05, 4.69) is 39.9 Å². The van der Waals surface area contributed by atoms with Gasteiger partial charge in [-0.2, -0.15) is 0 Å². The fraction of sp³-hybridized carbons (Fsp3) is 0.526. The Morgan fingerprint density at radius 1 is 1.25 bits per heavy atom. The molecule has 0 radical (unpaired) electrons. The smallest absolute Gasteiger partial charge is 0.374 e. The van der Waals surface area contributed by atoms with Crippen LogP contribution in [0, 0.1) is 6.92 Å². The lowest BCUT2D eigenvalue weighted by atomic mass is 9.81. The second kappa shape index (κ2) is 7.11. The van der Waals surface area contributed by atoms with E-state index in [4.69, 9.17) is 13.6 Å². The van der Waals surface area contributed by atoms with Crippen molar-refractivity contribution in [2.45, 2.75) is 59.7 Å². The van der Waals surface area contributed by atoms with Crippen molar-refractivity contribution in [3.8, 4) is 0 Å². The van der Waals surface area contributed by atoms with Crippen molar-refractivity contribution >= 4 is 26.0 Å². The van der Waals surface area contributed by atoms with Crippen LogP contribution in [0.3, 0.4) is 0 Å². The Bertz CT molecular complexity index is 738. The molecule has 0 aliphatic rings. The van der Waals surface area contributed by atoms with E-state index >= 15 is 0 Å². The molecule has 1 aromatic heterocycles. The summed E-state index contributed by atoms with van der Waals surface area (Å²) >= 11 is 0. The van der Waals surface area contributed by atoms with Gasteiger partial charge < -0.3 is 13.6 Å². The number of hydrogen-bond donors (Lipinski definition) is 0. The number of ether oxygens (including phenoxy) is 1. The quantitative estimate of drug-likeness (QED) is 0.580. The maximum absolute atomic E-state index is 12.2. The van der Waals surface area contributed by atoms with Crippen molar-refractivity contribution in [2.24, 2.45) is 0 Å². The number of carbonyl (C=O) groups is 1. The van der Waals surface area contributed by atoms with Gasteiger partial charge in [-0.05, 0) is 49.5 Å². The highest BCUT2D eigenvalue weighted by Crippen LogP contribution is 2.38. The molecular weight excluding hydrogens is 320 g/mol. The molecule has 1 aromatic carbocycles. The van der Waals surface area contributed by atoms with Crippen LogP contribution in [0.4, 0.5) is 0 Å². The van der Waals surface area contributed by atoms with Gasteiger partial charge in [-0.1, -0.05) is 26.8 Å². The van der Waals surface area contributed by atoms with Crippen LogP contribution in [0.5, 0.6) is 0 Å². The zero-order chi connectivity index (χ0) is 18.1. The second-order valence-electron chi connectivity index (χ2n) is 7.36. The minimum atomic E-state index is -1.11. The van der Waals surface area contributed by atoms with Gasteiger partial charge in [-0.15, -0.1) is 0 Å². The van der Waals surface area contributed by atoms with Crippen molar-refractivity contribution < 1.29 is 18.4 Å². The van der Waals surface area contributed by atoms with Crippen LogP contribution in [0.1, 0.15) is 54.9 Å². The van der Waals surface area contributed by atoms with E-state index in [0.717, 1.165) is 22.1 Å². The third-order valence-electron chi connectivity index (χ3n) is 3.96. The molecule has 0 aliphatic heterocycles. The monoisotopic (exact) mass is 348 g/mol. The number of benzene rings is 1. The molecule has 0 atom stereocenters. The van der Waals surface area contributed by atoms with E-state index < -0.39 is 15.0 Å². The van der Waals surface area contributed by atoms with E-state index in [0.29, 0.717) is 19.0 Å². The zero-order valence-electron chi connectivity index (χ0n) is 15.8. The summed E-state index contributed by atoms with van der Waals surface area (Å²) in [5, 5.41) is 1.01. The van der Waals surface area contributed by atoms with Crippen LogP contribution in [-0.4, -0.2) is 21.6 Å².